The van der Waals surface area contributed by atoms with E-state index in [1.54, 1.807) is 6.08 Å². The zero-order chi connectivity index (χ0) is 47.6. The zero-order valence-electron chi connectivity index (χ0n) is 39.1. The summed E-state index contributed by atoms with van der Waals surface area (Å²) in [5.41, 5.74) is 0. The van der Waals surface area contributed by atoms with Gasteiger partial charge in [-0.1, -0.05) is 184 Å². The monoisotopic (exact) mass is 947 g/mol. The van der Waals surface area contributed by atoms with Crippen molar-refractivity contribution in [1.29, 1.82) is 0 Å². The molecule has 5 N–H and O–H groups in total. The number of carbonyl (C=O) groups is 2. The van der Waals surface area contributed by atoms with Crippen LogP contribution in [0.1, 0.15) is 168 Å². The Morgan fingerprint density at radius 2 is 1.08 bits per heavy atom. The second-order valence-electron chi connectivity index (χ2n) is 16.3. The maximum Gasteiger partial charge on any atom is 0.472 e. The van der Waals surface area contributed by atoms with Gasteiger partial charge in [-0.25, -0.2) is 9.13 Å². The molecule has 370 valence electrons. The Kier molecular flexibility index (Phi) is 40.3. The van der Waals surface area contributed by atoms with Gasteiger partial charge in [-0.15, -0.1) is 0 Å². The summed E-state index contributed by atoms with van der Waals surface area (Å²) in [6, 6.07) is 0. The molecule has 0 radical (unpaired) electrons. The van der Waals surface area contributed by atoms with E-state index in [9.17, 15) is 33.8 Å². The third-order valence-electron chi connectivity index (χ3n) is 9.62. The van der Waals surface area contributed by atoms with Gasteiger partial charge in [0.05, 0.1) is 25.9 Å². The van der Waals surface area contributed by atoms with Crippen molar-refractivity contribution in [3.05, 3.63) is 72.9 Å². The molecule has 0 heterocycles. The number of rotatable bonds is 43. The van der Waals surface area contributed by atoms with Crippen LogP contribution in [-0.4, -0.2) is 81.6 Å². The van der Waals surface area contributed by atoms with Gasteiger partial charge in [0.15, 0.2) is 6.10 Å². The SMILES string of the molecule is CC/C=C\C/C=C\CC(O)/C=C/C=C\C/C=C\C/C=C\CCC(=O)OC[C@H](COP(=O)(O)OC[C@@H](O)COP(=O)(O)O)OC(=O)CCCCCCCCCCCCCCCCC(C)C. The first-order chi connectivity index (χ1) is 30.6. The summed E-state index contributed by atoms with van der Waals surface area (Å²) < 4.78 is 47.8. The largest absolute Gasteiger partial charge is 0.472 e. The molecular formula is C48H84O14P2. The molecule has 4 atom stereocenters. The molecule has 0 aromatic heterocycles. The summed E-state index contributed by atoms with van der Waals surface area (Å²) in [4.78, 5) is 52.8. The Bertz CT molecular complexity index is 1430. The highest BCUT2D eigenvalue weighted by atomic mass is 31.2. The molecule has 0 rings (SSSR count). The first-order valence-corrected chi connectivity index (χ1v) is 26.6. The number of allylic oxidation sites excluding steroid dienone is 10. The van der Waals surface area contributed by atoms with Crippen LogP contribution in [0.5, 0.6) is 0 Å². The summed E-state index contributed by atoms with van der Waals surface area (Å²) in [6.07, 6.45) is 42.2. The van der Waals surface area contributed by atoms with Crippen LogP contribution in [0, 0.1) is 5.92 Å². The quantitative estimate of drug-likeness (QED) is 0.0126. The maximum atomic E-state index is 12.7. The fourth-order valence-electron chi connectivity index (χ4n) is 6.05. The van der Waals surface area contributed by atoms with Crippen molar-refractivity contribution < 1.29 is 66.7 Å². The van der Waals surface area contributed by atoms with E-state index in [1.807, 2.05) is 54.7 Å². The number of hydrogen-bond acceptors (Lipinski definition) is 11. The molecule has 0 aliphatic rings. The van der Waals surface area contributed by atoms with Crippen molar-refractivity contribution in [3.8, 4) is 0 Å². The standard InChI is InChI=1S/C48H84O14P2/c1-4-5-6-7-25-30-35-44(49)36-31-26-21-17-14-15-18-22-27-32-37-47(51)58-41-46(42-61-64(56,57)60-40-45(50)39-59-63(53,54)55)62-48(52)38-33-28-23-19-13-11-9-8-10-12-16-20-24-29-34-43(2)3/h5-6,14-15,21-22,25-27,30-31,36,43-46,49-50H,4,7-13,16-20,23-24,28-29,32-35,37-42H2,1-3H3,(H,56,57)(H2,53,54,55)/b6-5-,15-14-,26-21-,27-22-,30-25-,36-31+/t44?,45-,46+/m0/s1. The average molecular weight is 947 g/mol. The van der Waals surface area contributed by atoms with E-state index in [0.29, 0.717) is 25.7 Å². The second kappa shape index (κ2) is 41.9. The lowest BCUT2D eigenvalue weighted by Crippen LogP contribution is -2.29. The van der Waals surface area contributed by atoms with E-state index in [-0.39, 0.29) is 12.8 Å². The highest BCUT2D eigenvalue weighted by molar-refractivity contribution is 7.47. The van der Waals surface area contributed by atoms with Crippen molar-refractivity contribution in [3.63, 3.8) is 0 Å². The van der Waals surface area contributed by atoms with Crippen molar-refractivity contribution in [1.82, 2.24) is 0 Å². The van der Waals surface area contributed by atoms with Gasteiger partial charge in [0, 0.05) is 12.8 Å². The van der Waals surface area contributed by atoms with Gasteiger partial charge in [0.25, 0.3) is 0 Å². The summed E-state index contributed by atoms with van der Waals surface area (Å²) in [5.74, 6) is -0.359. The van der Waals surface area contributed by atoms with Crippen molar-refractivity contribution in [2.75, 3.05) is 26.4 Å². The molecule has 16 heteroatoms. The van der Waals surface area contributed by atoms with Gasteiger partial charge in [-0.05, 0) is 50.9 Å². The molecule has 64 heavy (non-hydrogen) atoms. The third-order valence-corrected chi connectivity index (χ3v) is 11.1. The predicted molar refractivity (Wildman–Crippen MR) is 254 cm³/mol. The van der Waals surface area contributed by atoms with Crippen LogP contribution in [0.25, 0.3) is 0 Å². The Balaban J connectivity index is 4.63. The summed E-state index contributed by atoms with van der Waals surface area (Å²) in [7, 11) is -9.72. The number of ether oxygens (including phenoxy) is 2. The molecule has 0 aliphatic heterocycles. The summed E-state index contributed by atoms with van der Waals surface area (Å²) in [5, 5.41) is 19.8. The molecule has 0 aromatic carbocycles. The van der Waals surface area contributed by atoms with Crippen LogP contribution in [-0.2, 0) is 41.8 Å². The lowest BCUT2D eigenvalue weighted by molar-refractivity contribution is -0.161. The smallest absolute Gasteiger partial charge is 0.462 e. The molecular weight excluding hydrogens is 862 g/mol. The lowest BCUT2D eigenvalue weighted by atomic mass is 10.0. The third kappa shape index (κ3) is 46.1. The van der Waals surface area contributed by atoms with Gasteiger partial charge in [-0.3, -0.25) is 23.2 Å². The van der Waals surface area contributed by atoms with Crippen LogP contribution in [0.2, 0.25) is 0 Å². The second-order valence-corrected chi connectivity index (χ2v) is 19.0. The number of unbranched alkanes of at least 4 members (excludes halogenated alkanes) is 13. The number of esters is 2. The summed E-state index contributed by atoms with van der Waals surface area (Å²) in [6.45, 7) is 3.82. The van der Waals surface area contributed by atoms with Gasteiger partial charge in [0.1, 0.15) is 12.7 Å². The first kappa shape index (κ1) is 61.5. The topological polar surface area (TPSA) is 216 Å². The number of hydrogen-bond donors (Lipinski definition) is 5. The van der Waals surface area contributed by atoms with Gasteiger partial charge in [-0.2, -0.15) is 0 Å². The molecule has 0 saturated heterocycles. The number of aliphatic hydroxyl groups is 2. The number of phosphoric acid groups is 2. The molecule has 0 spiro atoms. The fourth-order valence-corrected chi connectivity index (χ4v) is 7.21. The molecule has 0 aliphatic carbocycles. The van der Waals surface area contributed by atoms with Gasteiger partial charge in [0.2, 0.25) is 0 Å². The fraction of sp³-hybridized carbons (Fsp3) is 0.708. The van der Waals surface area contributed by atoms with Crippen LogP contribution >= 0.6 is 15.6 Å². The highest BCUT2D eigenvalue weighted by Gasteiger charge is 2.28. The Hall–Kier alpha value is -2.48. The van der Waals surface area contributed by atoms with Crippen molar-refractivity contribution in [2.24, 2.45) is 5.92 Å². The van der Waals surface area contributed by atoms with E-state index in [0.717, 1.165) is 50.9 Å². The van der Waals surface area contributed by atoms with Crippen LogP contribution in [0.3, 0.4) is 0 Å². The number of phosphoric ester groups is 2. The van der Waals surface area contributed by atoms with Crippen LogP contribution < -0.4 is 0 Å². The Morgan fingerprint density at radius 1 is 0.562 bits per heavy atom. The van der Waals surface area contributed by atoms with E-state index in [4.69, 9.17) is 23.8 Å². The van der Waals surface area contributed by atoms with E-state index < -0.39 is 72.3 Å². The molecule has 0 aromatic rings. The van der Waals surface area contributed by atoms with E-state index >= 15 is 0 Å². The van der Waals surface area contributed by atoms with Gasteiger partial charge >= 0.3 is 27.6 Å². The normalized spacial score (nSPS) is 15.1. The molecule has 14 nitrogen and oxygen atoms in total. The van der Waals surface area contributed by atoms with Crippen molar-refractivity contribution >= 4 is 27.6 Å². The minimum Gasteiger partial charge on any atom is -0.462 e. The number of carbonyl (C=O) groups excluding carboxylic acids is 2. The predicted octanol–water partition coefficient (Wildman–Crippen LogP) is 11.4. The maximum absolute atomic E-state index is 12.7. The molecule has 0 saturated carbocycles. The first-order valence-electron chi connectivity index (χ1n) is 23.6. The van der Waals surface area contributed by atoms with E-state index in [2.05, 4.69) is 42.0 Å². The highest BCUT2D eigenvalue weighted by Crippen LogP contribution is 2.43. The van der Waals surface area contributed by atoms with Crippen molar-refractivity contribution in [2.45, 2.75) is 187 Å². The average Bonchev–Trinajstić information content (AvgIpc) is 3.24. The zero-order valence-corrected chi connectivity index (χ0v) is 40.9. The molecule has 0 bridgehead atoms. The Labute approximate surface area is 385 Å². The number of aliphatic hydroxyl groups excluding tert-OH is 2. The lowest BCUT2D eigenvalue weighted by Gasteiger charge is -2.20. The minimum atomic E-state index is -4.88. The summed E-state index contributed by atoms with van der Waals surface area (Å²) >= 11 is 0. The molecule has 0 fully saturated rings. The van der Waals surface area contributed by atoms with Crippen LogP contribution in [0.15, 0.2) is 72.9 Å². The molecule has 0 amide bonds. The van der Waals surface area contributed by atoms with E-state index in [1.165, 1.54) is 64.2 Å². The minimum absolute atomic E-state index is 0.0449. The van der Waals surface area contributed by atoms with Gasteiger partial charge < -0.3 is 34.4 Å². The Morgan fingerprint density at radius 3 is 1.67 bits per heavy atom. The van der Waals surface area contributed by atoms with Crippen LogP contribution in [0.4, 0.5) is 0 Å². The molecule has 2 unspecified atom stereocenters.